The Morgan fingerprint density at radius 3 is 2.23 bits per heavy atom. The van der Waals surface area contributed by atoms with E-state index in [1.165, 1.54) is 0 Å². The lowest BCUT2D eigenvalue weighted by molar-refractivity contribution is 0.0533. The van der Waals surface area contributed by atoms with Crippen molar-refractivity contribution in [2.75, 3.05) is 33.3 Å². The fourth-order valence-corrected chi connectivity index (χ4v) is 3.24. The summed E-state index contributed by atoms with van der Waals surface area (Å²) in [5.74, 6) is 0.571. The van der Waals surface area contributed by atoms with E-state index in [2.05, 4.69) is 6.92 Å². The number of hydrogen-bond acceptors (Lipinski definition) is 3. The molecule has 26 heavy (non-hydrogen) atoms. The van der Waals surface area contributed by atoms with Crippen LogP contribution >= 0.6 is 0 Å². The van der Waals surface area contributed by atoms with Crippen LogP contribution in [0.25, 0.3) is 0 Å². The maximum absolute atomic E-state index is 12.9. The normalized spacial score (nSPS) is 14.4. The van der Waals surface area contributed by atoms with Gasteiger partial charge in [-0.05, 0) is 30.2 Å². The lowest BCUT2D eigenvalue weighted by Crippen LogP contribution is -2.50. The molecule has 1 fully saturated rings. The lowest BCUT2D eigenvalue weighted by atomic mass is 10.1. The highest BCUT2D eigenvalue weighted by atomic mass is 16.5. The number of rotatable bonds is 4. The van der Waals surface area contributed by atoms with Crippen LogP contribution in [-0.2, 0) is 13.5 Å². The SMILES string of the molecule is CCc1ccc(OC)c(C(=O)N2CCN(C(=O)c3ccn(C)c3)CC2)c1. The fourth-order valence-electron chi connectivity index (χ4n) is 3.24. The highest BCUT2D eigenvalue weighted by Crippen LogP contribution is 2.23. The minimum absolute atomic E-state index is 0.0169. The summed E-state index contributed by atoms with van der Waals surface area (Å²) < 4.78 is 7.22. The molecule has 0 N–H and O–H groups in total. The van der Waals surface area contributed by atoms with E-state index in [0.717, 1.165) is 12.0 Å². The molecular weight excluding hydrogens is 330 g/mol. The molecule has 0 unspecified atom stereocenters. The molecular formula is C20H25N3O3. The molecule has 3 rings (SSSR count). The number of hydrogen-bond donors (Lipinski definition) is 0. The van der Waals surface area contributed by atoms with E-state index >= 15 is 0 Å². The Morgan fingerprint density at radius 1 is 1.04 bits per heavy atom. The van der Waals surface area contributed by atoms with Crippen molar-refractivity contribution in [3.8, 4) is 5.75 Å². The second-order valence-electron chi connectivity index (χ2n) is 6.54. The third-order valence-corrected chi connectivity index (χ3v) is 4.84. The molecule has 0 bridgehead atoms. The molecule has 2 heterocycles. The van der Waals surface area contributed by atoms with Crippen LogP contribution in [0, 0.1) is 0 Å². The van der Waals surface area contributed by atoms with Crippen LogP contribution in [-0.4, -0.2) is 59.5 Å². The number of piperazine rings is 1. The second kappa shape index (κ2) is 7.64. The van der Waals surface area contributed by atoms with Crippen molar-refractivity contribution < 1.29 is 14.3 Å². The first-order valence-corrected chi connectivity index (χ1v) is 8.91. The van der Waals surface area contributed by atoms with Gasteiger partial charge in [-0.3, -0.25) is 9.59 Å². The predicted octanol–water partition coefficient (Wildman–Crippen LogP) is 2.19. The van der Waals surface area contributed by atoms with E-state index in [-0.39, 0.29) is 11.8 Å². The summed E-state index contributed by atoms with van der Waals surface area (Å²) in [6.45, 7) is 4.18. The lowest BCUT2D eigenvalue weighted by Gasteiger charge is -2.35. The number of ether oxygens (including phenoxy) is 1. The Labute approximate surface area is 154 Å². The fraction of sp³-hybridized carbons (Fsp3) is 0.400. The number of methoxy groups -OCH3 is 1. The van der Waals surface area contributed by atoms with Crippen molar-refractivity contribution >= 4 is 11.8 Å². The van der Waals surface area contributed by atoms with Crippen molar-refractivity contribution in [3.05, 3.63) is 53.3 Å². The topological polar surface area (TPSA) is 54.8 Å². The van der Waals surface area contributed by atoms with Gasteiger partial charge in [0.1, 0.15) is 5.75 Å². The number of carbonyl (C=O) groups is 2. The molecule has 1 saturated heterocycles. The molecule has 138 valence electrons. The Bertz CT molecular complexity index is 804. The zero-order valence-electron chi connectivity index (χ0n) is 15.6. The number of aryl methyl sites for hydroxylation is 2. The van der Waals surface area contributed by atoms with Gasteiger partial charge in [0.05, 0.1) is 18.2 Å². The molecule has 0 saturated carbocycles. The standard InChI is InChI=1S/C20H25N3O3/c1-4-15-5-6-18(26-3)17(13-15)20(25)23-11-9-22(10-12-23)19(24)16-7-8-21(2)14-16/h5-8,13-14H,4,9-12H2,1-3H3. The Hall–Kier alpha value is -2.76. The molecule has 2 aromatic rings. The predicted molar refractivity (Wildman–Crippen MR) is 99.6 cm³/mol. The van der Waals surface area contributed by atoms with Gasteiger partial charge in [-0.25, -0.2) is 0 Å². The first kappa shape index (κ1) is 18.0. The quantitative estimate of drug-likeness (QED) is 0.845. The van der Waals surface area contributed by atoms with Crippen LogP contribution < -0.4 is 4.74 Å². The highest BCUT2D eigenvalue weighted by molar-refractivity contribution is 5.98. The second-order valence-corrected chi connectivity index (χ2v) is 6.54. The Morgan fingerprint density at radius 2 is 1.69 bits per heavy atom. The molecule has 0 radical (unpaired) electrons. The minimum Gasteiger partial charge on any atom is -0.496 e. The summed E-state index contributed by atoms with van der Waals surface area (Å²) >= 11 is 0. The number of aromatic nitrogens is 1. The van der Waals surface area contributed by atoms with Gasteiger partial charge in [-0.1, -0.05) is 13.0 Å². The number of nitrogens with zero attached hydrogens (tertiary/aromatic N) is 3. The summed E-state index contributed by atoms with van der Waals surface area (Å²) in [6, 6.07) is 7.55. The van der Waals surface area contributed by atoms with Gasteiger partial charge in [0.2, 0.25) is 0 Å². The first-order chi connectivity index (χ1) is 12.5. The van der Waals surface area contributed by atoms with E-state index in [0.29, 0.717) is 43.1 Å². The van der Waals surface area contributed by atoms with Crippen LogP contribution in [0.4, 0.5) is 0 Å². The third-order valence-electron chi connectivity index (χ3n) is 4.84. The first-order valence-electron chi connectivity index (χ1n) is 8.91. The van der Waals surface area contributed by atoms with E-state index < -0.39 is 0 Å². The van der Waals surface area contributed by atoms with Gasteiger partial charge in [0.25, 0.3) is 11.8 Å². The molecule has 2 amide bonds. The molecule has 0 atom stereocenters. The van der Waals surface area contributed by atoms with Crippen LogP contribution in [0.15, 0.2) is 36.7 Å². The molecule has 0 spiro atoms. The monoisotopic (exact) mass is 355 g/mol. The molecule has 1 aromatic carbocycles. The summed E-state index contributed by atoms with van der Waals surface area (Å²) in [7, 11) is 3.47. The summed E-state index contributed by atoms with van der Waals surface area (Å²) in [5.41, 5.74) is 2.38. The van der Waals surface area contributed by atoms with Crippen molar-refractivity contribution in [3.63, 3.8) is 0 Å². The van der Waals surface area contributed by atoms with Gasteiger partial charge in [0, 0.05) is 45.6 Å². The van der Waals surface area contributed by atoms with E-state index in [9.17, 15) is 9.59 Å². The number of benzene rings is 1. The smallest absolute Gasteiger partial charge is 0.257 e. The molecule has 1 aliphatic rings. The maximum Gasteiger partial charge on any atom is 0.257 e. The minimum atomic E-state index is -0.0380. The largest absolute Gasteiger partial charge is 0.496 e. The average Bonchev–Trinajstić information content (AvgIpc) is 3.12. The summed E-state index contributed by atoms with van der Waals surface area (Å²) in [4.78, 5) is 29.1. The van der Waals surface area contributed by atoms with Crippen molar-refractivity contribution in [1.82, 2.24) is 14.4 Å². The molecule has 0 aliphatic carbocycles. The van der Waals surface area contributed by atoms with Crippen LogP contribution in [0.1, 0.15) is 33.2 Å². The highest BCUT2D eigenvalue weighted by Gasteiger charge is 2.27. The Kier molecular flexibility index (Phi) is 5.30. The van der Waals surface area contributed by atoms with Crippen molar-refractivity contribution in [2.45, 2.75) is 13.3 Å². The number of amides is 2. The third kappa shape index (κ3) is 3.59. The number of carbonyl (C=O) groups excluding carboxylic acids is 2. The van der Waals surface area contributed by atoms with Gasteiger partial charge < -0.3 is 19.1 Å². The summed E-state index contributed by atoms with van der Waals surface area (Å²) in [5, 5.41) is 0. The van der Waals surface area contributed by atoms with Crippen LogP contribution in [0.3, 0.4) is 0 Å². The van der Waals surface area contributed by atoms with Crippen molar-refractivity contribution in [1.29, 1.82) is 0 Å². The van der Waals surface area contributed by atoms with Crippen molar-refractivity contribution in [2.24, 2.45) is 7.05 Å². The van der Waals surface area contributed by atoms with E-state index in [1.807, 2.05) is 48.3 Å². The van der Waals surface area contributed by atoms with E-state index in [4.69, 9.17) is 4.74 Å². The zero-order valence-corrected chi connectivity index (χ0v) is 15.6. The van der Waals surface area contributed by atoms with Gasteiger partial charge >= 0.3 is 0 Å². The van der Waals surface area contributed by atoms with Crippen LogP contribution in [0.5, 0.6) is 5.75 Å². The molecule has 1 aromatic heterocycles. The Balaban J connectivity index is 1.68. The van der Waals surface area contributed by atoms with Gasteiger partial charge in [-0.15, -0.1) is 0 Å². The molecule has 6 heteroatoms. The van der Waals surface area contributed by atoms with Gasteiger partial charge in [-0.2, -0.15) is 0 Å². The molecule has 1 aliphatic heterocycles. The molecule has 6 nitrogen and oxygen atoms in total. The summed E-state index contributed by atoms with van der Waals surface area (Å²) in [6.07, 6.45) is 4.55. The van der Waals surface area contributed by atoms with Crippen LogP contribution in [0.2, 0.25) is 0 Å². The van der Waals surface area contributed by atoms with Gasteiger partial charge in [0.15, 0.2) is 0 Å². The average molecular weight is 355 g/mol. The zero-order chi connectivity index (χ0) is 18.7. The maximum atomic E-state index is 12.9. The van der Waals surface area contributed by atoms with E-state index in [1.54, 1.807) is 16.9 Å².